The van der Waals surface area contributed by atoms with Gasteiger partial charge in [-0.1, -0.05) is 60.5 Å². The highest BCUT2D eigenvalue weighted by molar-refractivity contribution is 6.31. The van der Waals surface area contributed by atoms with Gasteiger partial charge in [0.2, 0.25) is 11.8 Å². The molecule has 7 heteroatoms. The first-order chi connectivity index (χ1) is 14.3. The summed E-state index contributed by atoms with van der Waals surface area (Å²) < 4.78 is 0. The molecule has 2 aliphatic heterocycles. The Morgan fingerprint density at radius 1 is 1.23 bits per heavy atom. The first-order valence-electron chi connectivity index (χ1n) is 9.56. The van der Waals surface area contributed by atoms with Crippen molar-refractivity contribution in [1.82, 2.24) is 5.32 Å². The summed E-state index contributed by atoms with van der Waals surface area (Å²) in [6.07, 6.45) is 0.340. The molecule has 0 saturated carbocycles. The summed E-state index contributed by atoms with van der Waals surface area (Å²) in [6, 6.07) is 13.5. The van der Waals surface area contributed by atoms with Crippen LogP contribution in [-0.2, 0) is 20.4 Å². The zero-order valence-corrected chi connectivity index (χ0v) is 17.8. The number of carbonyl (C=O) groups is 2. The molecule has 0 bridgehead atoms. The monoisotopic (exact) mass is 439 g/mol. The van der Waals surface area contributed by atoms with Crippen LogP contribution in [0, 0.1) is 11.3 Å². The Bertz CT molecular complexity index is 1140. The number of amides is 2. The Morgan fingerprint density at radius 3 is 2.63 bits per heavy atom. The lowest BCUT2D eigenvalue weighted by molar-refractivity contribution is -0.132. The molecule has 0 aliphatic carbocycles. The van der Waals surface area contributed by atoms with Gasteiger partial charge in [-0.25, -0.2) is 0 Å². The number of nitriles is 1. The number of hydrogen-bond acceptors (Lipinski definition) is 3. The molecule has 3 atom stereocenters. The van der Waals surface area contributed by atoms with Gasteiger partial charge in [-0.15, -0.1) is 0 Å². The normalized spacial score (nSPS) is 27.2. The summed E-state index contributed by atoms with van der Waals surface area (Å²) in [5.74, 6) is -0.696. The maximum absolute atomic E-state index is 13.8. The second-order valence-corrected chi connectivity index (χ2v) is 8.54. The number of nitrogens with zero attached hydrogens (tertiary/aromatic N) is 1. The van der Waals surface area contributed by atoms with Gasteiger partial charge in [-0.3, -0.25) is 9.59 Å². The summed E-state index contributed by atoms with van der Waals surface area (Å²) in [5, 5.41) is 17.3. The minimum absolute atomic E-state index is 0.188. The van der Waals surface area contributed by atoms with Crippen LogP contribution in [0.15, 0.2) is 54.6 Å². The van der Waals surface area contributed by atoms with Crippen molar-refractivity contribution in [2.24, 2.45) is 0 Å². The lowest BCUT2D eigenvalue weighted by atomic mass is 9.50. The highest BCUT2D eigenvalue weighted by Crippen LogP contribution is 2.57. The third-order valence-corrected chi connectivity index (χ3v) is 6.69. The second-order valence-electron chi connectivity index (χ2n) is 7.67. The van der Waals surface area contributed by atoms with E-state index in [9.17, 15) is 14.9 Å². The van der Waals surface area contributed by atoms with Crippen molar-refractivity contribution in [1.29, 1.82) is 5.26 Å². The summed E-state index contributed by atoms with van der Waals surface area (Å²) in [4.78, 5) is 26.6. The lowest BCUT2D eigenvalue weighted by Gasteiger charge is -2.51. The van der Waals surface area contributed by atoms with Crippen molar-refractivity contribution >= 4 is 40.7 Å². The predicted molar refractivity (Wildman–Crippen MR) is 116 cm³/mol. The number of benzene rings is 2. The SMILES string of the molecule is C=C(CC)[C@H]1NC(=O)C[C@@](C#N)(c2cccc(Cl)c2)[C@@]12C(=O)Nc1cc(Cl)ccc12. The highest BCUT2D eigenvalue weighted by Gasteiger charge is 2.69. The fraction of sp³-hybridized carbons (Fsp3) is 0.261. The number of piperidine rings is 1. The molecule has 0 radical (unpaired) electrons. The van der Waals surface area contributed by atoms with E-state index >= 15 is 0 Å². The molecule has 1 spiro atoms. The van der Waals surface area contributed by atoms with Crippen molar-refractivity contribution in [2.75, 3.05) is 5.32 Å². The fourth-order valence-corrected chi connectivity index (χ4v) is 5.21. The summed E-state index contributed by atoms with van der Waals surface area (Å²) in [6.45, 7) is 6.03. The maximum atomic E-state index is 13.8. The van der Waals surface area contributed by atoms with Gasteiger partial charge in [-0.2, -0.15) is 5.26 Å². The number of fused-ring (bicyclic) bond motifs is 2. The molecule has 1 fully saturated rings. The van der Waals surface area contributed by atoms with E-state index < -0.39 is 16.9 Å². The second kappa shape index (κ2) is 7.16. The number of anilines is 1. The lowest BCUT2D eigenvalue weighted by Crippen LogP contribution is -2.69. The van der Waals surface area contributed by atoms with E-state index in [0.717, 1.165) is 0 Å². The van der Waals surface area contributed by atoms with E-state index in [-0.39, 0.29) is 18.2 Å². The molecule has 2 aromatic rings. The van der Waals surface area contributed by atoms with Crippen molar-refractivity contribution in [2.45, 2.75) is 36.6 Å². The Hall–Kier alpha value is -2.81. The standard InChI is InChI=1S/C23H19Cl2N3O2/c1-3-13(2)20-23(17-8-7-16(25)10-18(17)27-21(23)30)22(12-26,11-19(29)28-20)14-5-4-6-15(24)9-14/h4-10,20H,2-3,11H2,1H3,(H,27,30)(H,28,29)/t20-,22-,23-/m1/s1. The fourth-order valence-electron chi connectivity index (χ4n) is 4.85. The molecular formula is C23H19Cl2N3O2. The van der Waals surface area contributed by atoms with Crippen LogP contribution in [0.4, 0.5) is 5.69 Å². The Morgan fingerprint density at radius 2 is 1.97 bits per heavy atom. The number of rotatable bonds is 3. The molecule has 1 saturated heterocycles. The number of halogens is 2. The average molecular weight is 440 g/mol. The molecule has 2 aromatic carbocycles. The van der Waals surface area contributed by atoms with Crippen molar-refractivity contribution < 1.29 is 9.59 Å². The minimum atomic E-state index is -1.49. The molecule has 2 amide bonds. The van der Waals surface area contributed by atoms with Crippen LogP contribution in [-0.4, -0.2) is 17.9 Å². The quantitative estimate of drug-likeness (QED) is 0.690. The molecular weight excluding hydrogens is 421 g/mol. The number of nitrogens with one attached hydrogen (secondary N) is 2. The van der Waals surface area contributed by atoms with Gasteiger partial charge in [0.1, 0.15) is 10.8 Å². The molecule has 5 nitrogen and oxygen atoms in total. The molecule has 30 heavy (non-hydrogen) atoms. The molecule has 152 valence electrons. The molecule has 0 aromatic heterocycles. The highest BCUT2D eigenvalue weighted by atomic mass is 35.5. The van der Waals surface area contributed by atoms with Gasteiger partial charge in [0.25, 0.3) is 0 Å². The zero-order valence-electron chi connectivity index (χ0n) is 16.3. The Balaban J connectivity index is 2.13. The van der Waals surface area contributed by atoms with Gasteiger partial charge in [0.15, 0.2) is 0 Å². The van der Waals surface area contributed by atoms with E-state index in [1.165, 1.54) is 0 Å². The van der Waals surface area contributed by atoms with Gasteiger partial charge in [-0.05, 0) is 41.8 Å². The summed E-state index contributed by atoms with van der Waals surface area (Å²) in [7, 11) is 0. The molecule has 4 rings (SSSR count). The minimum Gasteiger partial charge on any atom is -0.348 e. The number of carbonyl (C=O) groups excluding carboxylic acids is 2. The Kier molecular flexibility index (Phi) is 4.88. The van der Waals surface area contributed by atoms with Crippen LogP contribution in [0.25, 0.3) is 0 Å². The summed E-state index contributed by atoms with van der Waals surface area (Å²) in [5.41, 5.74) is -0.612. The largest absolute Gasteiger partial charge is 0.348 e. The third-order valence-electron chi connectivity index (χ3n) is 6.22. The van der Waals surface area contributed by atoms with Crippen molar-refractivity contribution in [3.05, 3.63) is 75.8 Å². The zero-order chi connectivity index (χ0) is 21.7. The van der Waals surface area contributed by atoms with Crippen LogP contribution < -0.4 is 10.6 Å². The van der Waals surface area contributed by atoms with Gasteiger partial charge < -0.3 is 10.6 Å². The van der Waals surface area contributed by atoms with E-state index in [2.05, 4.69) is 23.3 Å². The topological polar surface area (TPSA) is 82.0 Å². The van der Waals surface area contributed by atoms with Crippen LogP contribution >= 0.6 is 23.2 Å². The van der Waals surface area contributed by atoms with Gasteiger partial charge >= 0.3 is 0 Å². The molecule has 2 aliphatic rings. The van der Waals surface area contributed by atoms with Crippen LogP contribution in [0.5, 0.6) is 0 Å². The number of hydrogen-bond donors (Lipinski definition) is 2. The van der Waals surface area contributed by atoms with Gasteiger partial charge in [0, 0.05) is 15.7 Å². The van der Waals surface area contributed by atoms with E-state index in [0.29, 0.717) is 38.9 Å². The molecule has 2 N–H and O–H groups in total. The van der Waals surface area contributed by atoms with Gasteiger partial charge in [0.05, 0.1) is 18.5 Å². The third kappa shape index (κ3) is 2.61. The van der Waals surface area contributed by atoms with Crippen LogP contribution in [0.2, 0.25) is 10.0 Å². The molecule has 0 unspecified atom stereocenters. The first kappa shape index (κ1) is 20.5. The van der Waals surface area contributed by atoms with E-state index in [1.54, 1.807) is 42.5 Å². The van der Waals surface area contributed by atoms with E-state index in [4.69, 9.17) is 23.2 Å². The average Bonchev–Trinajstić information content (AvgIpc) is 3.00. The van der Waals surface area contributed by atoms with E-state index in [1.807, 2.05) is 6.92 Å². The first-order valence-corrected chi connectivity index (χ1v) is 10.3. The summed E-state index contributed by atoms with van der Waals surface area (Å²) >= 11 is 12.4. The van der Waals surface area contributed by atoms with Crippen molar-refractivity contribution in [3.8, 4) is 6.07 Å². The van der Waals surface area contributed by atoms with Crippen LogP contribution in [0.3, 0.4) is 0 Å². The van der Waals surface area contributed by atoms with Crippen molar-refractivity contribution in [3.63, 3.8) is 0 Å². The Labute approximate surface area is 184 Å². The maximum Gasteiger partial charge on any atom is 0.239 e. The predicted octanol–water partition coefficient (Wildman–Crippen LogP) is 4.50. The van der Waals surface area contributed by atoms with Crippen LogP contribution in [0.1, 0.15) is 30.9 Å². The smallest absolute Gasteiger partial charge is 0.239 e. The molecule has 2 heterocycles.